The van der Waals surface area contributed by atoms with Crippen molar-refractivity contribution in [3.05, 3.63) is 34.9 Å². The van der Waals surface area contributed by atoms with Crippen LogP contribution in [0.15, 0.2) is 29.2 Å². The van der Waals surface area contributed by atoms with Crippen molar-refractivity contribution >= 4 is 5.65 Å². The number of aliphatic hydroxyl groups is 1. The topological polar surface area (TPSA) is 62.8 Å². The number of pyridine rings is 1. The van der Waals surface area contributed by atoms with Crippen LogP contribution in [-0.2, 0) is 6.54 Å². The molecule has 0 saturated carbocycles. The number of hydrogen-bond donors (Lipinski definition) is 1. The number of aliphatic hydroxyl groups excluding tert-OH is 1. The second kappa shape index (κ2) is 5.99. The Morgan fingerprint density at radius 2 is 2.10 bits per heavy atom. The summed E-state index contributed by atoms with van der Waals surface area (Å²) in [6.45, 7) is 5.28. The molecule has 114 valence electrons. The van der Waals surface area contributed by atoms with Gasteiger partial charge in [0.25, 0.3) is 0 Å². The van der Waals surface area contributed by atoms with Gasteiger partial charge in [0.15, 0.2) is 5.65 Å². The van der Waals surface area contributed by atoms with Crippen LogP contribution in [0.1, 0.15) is 19.8 Å². The Morgan fingerprint density at radius 1 is 1.33 bits per heavy atom. The molecule has 0 spiro atoms. The first kappa shape index (κ1) is 14.3. The molecule has 3 heterocycles. The van der Waals surface area contributed by atoms with Crippen LogP contribution in [-0.4, -0.2) is 49.9 Å². The molecule has 2 aromatic rings. The lowest BCUT2D eigenvalue weighted by molar-refractivity contribution is 0.0704. The van der Waals surface area contributed by atoms with Gasteiger partial charge in [-0.1, -0.05) is 6.07 Å². The molecule has 0 aliphatic carbocycles. The van der Waals surface area contributed by atoms with Gasteiger partial charge in [0.2, 0.25) is 0 Å². The largest absolute Gasteiger partial charge is 0.393 e. The Hall–Kier alpha value is -1.66. The Balaban J connectivity index is 1.60. The maximum Gasteiger partial charge on any atom is 0.350 e. The molecule has 1 unspecified atom stereocenters. The molecule has 3 rings (SSSR count). The van der Waals surface area contributed by atoms with E-state index in [1.807, 2.05) is 25.1 Å². The van der Waals surface area contributed by atoms with Crippen LogP contribution < -0.4 is 5.69 Å². The molecule has 0 amide bonds. The van der Waals surface area contributed by atoms with Gasteiger partial charge in [-0.05, 0) is 50.9 Å². The maximum atomic E-state index is 12.2. The number of nitrogens with zero attached hydrogens (tertiary/aromatic N) is 4. The fourth-order valence-electron chi connectivity index (χ4n) is 3.01. The molecule has 1 aliphatic rings. The number of fused-ring (bicyclic) bond motifs is 1. The first-order chi connectivity index (χ1) is 10.1. The Morgan fingerprint density at radius 3 is 2.76 bits per heavy atom. The van der Waals surface area contributed by atoms with Gasteiger partial charge in [-0.15, -0.1) is 5.10 Å². The number of rotatable bonds is 4. The van der Waals surface area contributed by atoms with Crippen molar-refractivity contribution in [1.82, 2.24) is 19.1 Å². The molecule has 1 fully saturated rings. The van der Waals surface area contributed by atoms with Crippen molar-refractivity contribution in [2.75, 3.05) is 19.6 Å². The molecular formula is C15H22N4O2. The molecule has 1 N–H and O–H groups in total. The Labute approximate surface area is 123 Å². The van der Waals surface area contributed by atoms with Crippen molar-refractivity contribution in [3.8, 4) is 0 Å². The summed E-state index contributed by atoms with van der Waals surface area (Å²) in [5.41, 5.74) is 0.611. The summed E-state index contributed by atoms with van der Waals surface area (Å²) >= 11 is 0. The van der Waals surface area contributed by atoms with Crippen molar-refractivity contribution in [3.63, 3.8) is 0 Å². The molecule has 1 aliphatic heterocycles. The number of hydrogen-bond acceptors (Lipinski definition) is 4. The van der Waals surface area contributed by atoms with Gasteiger partial charge in [-0.25, -0.2) is 9.48 Å². The molecule has 6 heteroatoms. The van der Waals surface area contributed by atoms with Crippen molar-refractivity contribution in [2.24, 2.45) is 5.92 Å². The van der Waals surface area contributed by atoms with Crippen LogP contribution >= 0.6 is 0 Å². The van der Waals surface area contributed by atoms with E-state index in [0.29, 0.717) is 18.1 Å². The first-order valence-corrected chi connectivity index (χ1v) is 7.60. The molecule has 21 heavy (non-hydrogen) atoms. The van der Waals surface area contributed by atoms with Gasteiger partial charge in [0.05, 0.1) is 12.6 Å². The van der Waals surface area contributed by atoms with Crippen molar-refractivity contribution in [2.45, 2.75) is 32.4 Å². The zero-order valence-corrected chi connectivity index (χ0v) is 12.4. The SMILES string of the molecule is CC(O)C1CCN(CCn2nc3ccccn3c2=O)CC1. The third-order valence-electron chi connectivity index (χ3n) is 4.43. The minimum Gasteiger partial charge on any atom is -0.393 e. The monoisotopic (exact) mass is 290 g/mol. The van der Waals surface area contributed by atoms with E-state index in [0.717, 1.165) is 32.5 Å². The van der Waals surface area contributed by atoms with E-state index < -0.39 is 0 Å². The highest BCUT2D eigenvalue weighted by Gasteiger charge is 2.22. The fraction of sp³-hybridized carbons (Fsp3) is 0.600. The highest BCUT2D eigenvalue weighted by atomic mass is 16.3. The van der Waals surface area contributed by atoms with E-state index in [1.54, 1.807) is 10.6 Å². The number of piperidine rings is 1. The van der Waals surface area contributed by atoms with Crippen LogP contribution in [0.2, 0.25) is 0 Å². The minimum absolute atomic E-state index is 0.0792. The summed E-state index contributed by atoms with van der Waals surface area (Å²) in [5, 5.41) is 14.0. The molecule has 6 nitrogen and oxygen atoms in total. The molecule has 2 aromatic heterocycles. The number of aromatic nitrogens is 3. The van der Waals surface area contributed by atoms with Crippen LogP contribution in [0.4, 0.5) is 0 Å². The lowest BCUT2D eigenvalue weighted by atomic mass is 9.92. The van der Waals surface area contributed by atoms with Gasteiger partial charge >= 0.3 is 5.69 Å². The van der Waals surface area contributed by atoms with E-state index >= 15 is 0 Å². The van der Waals surface area contributed by atoms with Crippen LogP contribution in [0, 0.1) is 5.92 Å². The molecule has 0 aromatic carbocycles. The number of likely N-dealkylation sites (tertiary alicyclic amines) is 1. The van der Waals surface area contributed by atoms with Gasteiger partial charge in [0, 0.05) is 12.7 Å². The quantitative estimate of drug-likeness (QED) is 0.895. The van der Waals surface area contributed by atoms with Gasteiger partial charge < -0.3 is 10.0 Å². The summed E-state index contributed by atoms with van der Waals surface area (Å²) < 4.78 is 3.11. The summed E-state index contributed by atoms with van der Waals surface area (Å²) in [6, 6.07) is 5.56. The van der Waals surface area contributed by atoms with E-state index in [4.69, 9.17) is 0 Å². The van der Waals surface area contributed by atoms with E-state index in [9.17, 15) is 9.90 Å². The van der Waals surface area contributed by atoms with Gasteiger partial charge in [-0.2, -0.15) is 0 Å². The van der Waals surface area contributed by atoms with Crippen LogP contribution in [0.25, 0.3) is 5.65 Å². The Bertz CT molecular complexity index is 653. The lowest BCUT2D eigenvalue weighted by Crippen LogP contribution is -2.39. The van der Waals surface area contributed by atoms with Gasteiger partial charge in [0.1, 0.15) is 0 Å². The summed E-state index contributed by atoms with van der Waals surface area (Å²) in [5.74, 6) is 0.416. The van der Waals surface area contributed by atoms with E-state index in [-0.39, 0.29) is 11.8 Å². The van der Waals surface area contributed by atoms with Crippen LogP contribution in [0.3, 0.4) is 0 Å². The lowest BCUT2D eigenvalue weighted by Gasteiger charge is -2.33. The first-order valence-electron chi connectivity index (χ1n) is 7.60. The van der Waals surface area contributed by atoms with E-state index in [1.165, 1.54) is 4.68 Å². The average molecular weight is 290 g/mol. The molecule has 1 saturated heterocycles. The predicted molar refractivity (Wildman–Crippen MR) is 80.3 cm³/mol. The smallest absolute Gasteiger partial charge is 0.350 e. The highest BCUT2D eigenvalue weighted by Crippen LogP contribution is 2.20. The fourth-order valence-corrected chi connectivity index (χ4v) is 3.01. The zero-order chi connectivity index (χ0) is 14.8. The summed E-state index contributed by atoms with van der Waals surface area (Å²) in [7, 11) is 0. The normalized spacial score (nSPS) is 19.1. The standard InChI is InChI=1S/C15H22N4O2/c1-12(20)13-5-8-17(9-6-13)10-11-19-15(21)18-7-3-2-4-14(18)16-19/h2-4,7,12-13,20H,5-6,8-11H2,1H3. The second-order valence-electron chi connectivity index (χ2n) is 5.85. The third kappa shape index (κ3) is 3.01. The average Bonchev–Trinajstić information content (AvgIpc) is 2.82. The summed E-state index contributed by atoms with van der Waals surface area (Å²) in [4.78, 5) is 14.5. The zero-order valence-electron chi connectivity index (χ0n) is 12.4. The second-order valence-corrected chi connectivity index (χ2v) is 5.85. The van der Waals surface area contributed by atoms with E-state index in [2.05, 4.69) is 10.00 Å². The highest BCUT2D eigenvalue weighted by molar-refractivity contribution is 5.35. The van der Waals surface area contributed by atoms with Crippen molar-refractivity contribution in [1.29, 1.82) is 0 Å². The molecule has 1 atom stereocenters. The Kier molecular flexibility index (Phi) is 4.07. The van der Waals surface area contributed by atoms with Crippen molar-refractivity contribution < 1.29 is 5.11 Å². The summed E-state index contributed by atoms with van der Waals surface area (Å²) in [6.07, 6.45) is 3.58. The molecule has 0 bridgehead atoms. The molecule has 0 radical (unpaired) electrons. The minimum atomic E-state index is -0.215. The molecular weight excluding hydrogens is 268 g/mol. The third-order valence-corrected chi connectivity index (χ3v) is 4.43. The maximum absolute atomic E-state index is 12.2. The predicted octanol–water partition coefficient (Wildman–Crippen LogP) is 0.589. The van der Waals surface area contributed by atoms with Crippen LogP contribution in [0.5, 0.6) is 0 Å². The van der Waals surface area contributed by atoms with Gasteiger partial charge in [-0.3, -0.25) is 4.40 Å².